The summed E-state index contributed by atoms with van der Waals surface area (Å²) in [5.74, 6) is 1.68. The lowest BCUT2D eigenvalue weighted by Crippen LogP contribution is -2.18. The van der Waals surface area contributed by atoms with Crippen molar-refractivity contribution in [3.63, 3.8) is 0 Å². The molecular weight excluding hydrogens is 331 g/mol. The third-order valence-corrected chi connectivity index (χ3v) is 5.77. The van der Waals surface area contributed by atoms with Crippen LogP contribution >= 0.6 is 0 Å². The van der Waals surface area contributed by atoms with Crippen LogP contribution in [-0.2, 0) is 4.79 Å². The van der Waals surface area contributed by atoms with Gasteiger partial charge in [0.1, 0.15) is 11.6 Å². The van der Waals surface area contributed by atoms with E-state index < -0.39 is 0 Å². The number of benzene rings is 2. The highest BCUT2D eigenvalue weighted by molar-refractivity contribution is 6.09. The maximum absolute atomic E-state index is 13.0. The second-order valence-corrected chi connectivity index (χ2v) is 7.47. The third-order valence-electron chi connectivity index (χ3n) is 5.77. The topological polar surface area (TPSA) is 43.4 Å². The Balaban J connectivity index is 1.36. The van der Waals surface area contributed by atoms with Gasteiger partial charge >= 0.3 is 5.97 Å². The predicted octanol–water partition coefficient (Wildman–Crippen LogP) is 4.79. The lowest BCUT2D eigenvalue weighted by atomic mass is 9.86. The van der Waals surface area contributed by atoms with Crippen LogP contribution in [0.2, 0.25) is 0 Å². The van der Waals surface area contributed by atoms with E-state index in [2.05, 4.69) is 0 Å². The van der Waals surface area contributed by atoms with Crippen molar-refractivity contribution >= 4 is 11.8 Å². The molecule has 0 amide bonds. The van der Waals surface area contributed by atoms with E-state index in [0.717, 1.165) is 12.3 Å². The molecule has 4 rings (SSSR count). The van der Waals surface area contributed by atoms with E-state index in [1.165, 1.54) is 43.5 Å². The Morgan fingerprint density at radius 3 is 2.15 bits per heavy atom. The summed E-state index contributed by atoms with van der Waals surface area (Å²) in [6, 6.07) is 12.0. The van der Waals surface area contributed by atoms with Crippen molar-refractivity contribution < 1.29 is 18.7 Å². The second-order valence-electron chi connectivity index (χ2n) is 7.47. The van der Waals surface area contributed by atoms with Gasteiger partial charge in [-0.3, -0.25) is 9.59 Å². The van der Waals surface area contributed by atoms with E-state index in [9.17, 15) is 14.0 Å². The monoisotopic (exact) mass is 352 g/mol. The molecule has 4 heteroatoms. The fourth-order valence-electron chi connectivity index (χ4n) is 4.46. The molecule has 2 aliphatic rings. The fourth-order valence-corrected chi connectivity index (χ4v) is 4.46. The van der Waals surface area contributed by atoms with Gasteiger partial charge in [-0.1, -0.05) is 6.42 Å². The molecule has 2 bridgehead atoms. The number of fused-ring (bicyclic) bond motifs is 2. The number of carbonyl (C=O) groups is 2. The van der Waals surface area contributed by atoms with Gasteiger partial charge in [-0.2, -0.15) is 0 Å². The fraction of sp³-hybridized carbons (Fsp3) is 0.364. The first-order valence-electron chi connectivity index (χ1n) is 9.19. The van der Waals surface area contributed by atoms with Crippen molar-refractivity contribution in [3.8, 4) is 5.75 Å². The minimum atomic E-state index is -0.376. The Hall–Kier alpha value is -2.49. The van der Waals surface area contributed by atoms with Gasteiger partial charge in [0.25, 0.3) is 0 Å². The summed E-state index contributed by atoms with van der Waals surface area (Å²) in [5, 5.41) is 0. The zero-order chi connectivity index (χ0) is 18.1. The van der Waals surface area contributed by atoms with Gasteiger partial charge in [-0.15, -0.1) is 0 Å². The predicted molar refractivity (Wildman–Crippen MR) is 95.5 cm³/mol. The van der Waals surface area contributed by atoms with Crippen LogP contribution in [-0.4, -0.2) is 11.8 Å². The van der Waals surface area contributed by atoms with Gasteiger partial charge in [0.15, 0.2) is 5.78 Å². The van der Waals surface area contributed by atoms with Gasteiger partial charge < -0.3 is 4.74 Å². The van der Waals surface area contributed by atoms with Crippen LogP contribution in [0.1, 0.15) is 48.0 Å². The highest BCUT2D eigenvalue weighted by atomic mass is 19.1. The van der Waals surface area contributed by atoms with E-state index in [1.54, 1.807) is 24.3 Å². The summed E-state index contributed by atoms with van der Waals surface area (Å²) in [7, 11) is 0. The van der Waals surface area contributed by atoms with E-state index in [1.807, 2.05) is 0 Å². The summed E-state index contributed by atoms with van der Waals surface area (Å²) in [6.45, 7) is 0. The minimum absolute atomic E-state index is 0.190. The molecule has 26 heavy (non-hydrogen) atoms. The van der Waals surface area contributed by atoms with E-state index >= 15 is 0 Å². The average Bonchev–Trinajstić information content (AvgIpc) is 3.25. The molecular formula is C22H21FO3. The number of rotatable bonds is 5. The first-order chi connectivity index (χ1) is 12.6. The number of ketones is 1. The zero-order valence-electron chi connectivity index (χ0n) is 14.5. The number of hydrogen-bond acceptors (Lipinski definition) is 3. The van der Waals surface area contributed by atoms with Crippen molar-refractivity contribution in [1.82, 2.24) is 0 Å². The number of carbonyl (C=O) groups excluding carboxylic acids is 2. The summed E-state index contributed by atoms with van der Waals surface area (Å²) >= 11 is 0. The Morgan fingerprint density at radius 2 is 1.58 bits per heavy atom. The Labute approximate surface area is 152 Å². The van der Waals surface area contributed by atoms with Gasteiger partial charge in [0, 0.05) is 17.5 Å². The Bertz CT molecular complexity index is 810. The summed E-state index contributed by atoms with van der Waals surface area (Å²) < 4.78 is 18.4. The summed E-state index contributed by atoms with van der Waals surface area (Å²) in [4.78, 5) is 24.6. The average molecular weight is 352 g/mol. The molecule has 0 radical (unpaired) electrons. The molecule has 2 aromatic rings. The highest BCUT2D eigenvalue weighted by Crippen LogP contribution is 2.49. The Morgan fingerprint density at radius 1 is 0.923 bits per heavy atom. The third kappa shape index (κ3) is 3.55. The van der Waals surface area contributed by atoms with Gasteiger partial charge in [0.2, 0.25) is 0 Å². The van der Waals surface area contributed by atoms with Crippen LogP contribution in [0.3, 0.4) is 0 Å². The molecule has 0 aromatic heterocycles. The largest absolute Gasteiger partial charge is 0.427 e. The molecule has 0 N–H and O–H groups in total. The molecule has 0 unspecified atom stereocenters. The molecule has 2 aliphatic carbocycles. The van der Waals surface area contributed by atoms with Crippen LogP contribution < -0.4 is 4.74 Å². The molecule has 2 aromatic carbocycles. The van der Waals surface area contributed by atoms with Gasteiger partial charge in [0.05, 0.1) is 0 Å². The van der Waals surface area contributed by atoms with Crippen LogP contribution in [0.5, 0.6) is 5.75 Å². The van der Waals surface area contributed by atoms with Gasteiger partial charge in [-0.05, 0) is 85.5 Å². The number of ether oxygens (including phenoxy) is 1. The molecule has 134 valence electrons. The maximum Gasteiger partial charge on any atom is 0.311 e. The van der Waals surface area contributed by atoms with Crippen molar-refractivity contribution in [2.75, 3.05) is 0 Å². The van der Waals surface area contributed by atoms with Gasteiger partial charge in [-0.25, -0.2) is 4.39 Å². The second kappa shape index (κ2) is 7.02. The lowest BCUT2D eigenvalue weighted by molar-refractivity contribution is -0.135. The number of esters is 1. The first kappa shape index (κ1) is 17.0. The molecule has 2 fully saturated rings. The van der Waals surface area contributed by atoms with Crippen LogP contribution in [0.4, 0.5) is 4.39 Å². The lowest BCUT2D eigenvalue weighted by Gasteiger charge is -2.20. The first-order valence-corrected chi connectivity index (χ1v) is 9.19. The standard InChI is InChI=1S/C22H21FO3/c23-19-7-3-15(4-8-19)22(25)16-5-9-20(10-6-16)26-21(24)13-18-12-14-1-2-17(18)11-14/h3-10,14,17-18H,1-2,11-13H2/t14-,17+,18+/m0/s1. The van der Waals surface area contributed by atoms with E-state index in [0.29, 0.717) is 35.1 Å². The van der Waals surface area contributed by atoms with Crippen molar-refractivity contribution in [2.45, 2.75) is 32.1 Å². The van der Waals surface area contributed by atoms with Crippen LogP contribution in [0.25, 0.3) is 0 Å². The van der Waals surface area contributed by atoms with E-state index in [-0.39, 0.29) is 17.6 Å². The molecule has 0 saturated heterocycles. The van der Waals surface area contributed by atoms with E-state index in [4.69, 9.17) is 4.74 Å². The Kier molecular flexibility index (Phi) is 4.58. The number of hydrogen-bond donors (Lipinski definition) is 0. The summed E-state index contributed by atoms with van der Waals surface area (Å²) in [6.07, 6.45) is 5.49. The minimum Gasteiger partial charge on any atom is -0.427 e. The summed E-state index contributed by atoms with van der Waals surface area (Å²) in [5.41, 5.74) is 0.900. The molecule has 3 nitrogen and oxygen atoms in total. The molecule has 0 heterocycles. The van der Waals surface area contributed by atoms with Crippen molar-refractivity contribution in [2.24, 2.45) is 17.8 Å². The molecule has 0 aliphatic heterocycles. The van der Waals surface area contributed by atoms with Crippen molar-refractivity contribution in [1.29, 1.82) is 0 Å². The number of halogens is 1. The molecule has 3 atom stereocenters. The SMILES string of the molecule is O=C(C[C@H]1C[C@H]2CC[C@@H]1C2)Oc1ccc(C(=O)c2ccc(F)cc2)cc1. The normalized spacial score (nSPS) is 23.8. The van der Waals surface area contributed by atoms with Crippen molar-refractivity contribution in [3.05, 3.63) is 65.5 Å². The van der Waals surface area contributed by atoms with Crippen LogP contribution in [0.15, 0.2) is 48.5 Å². The molecule has 2 saturated carbocycles. The highest BCUT2D eigenvalue weighted by Gasteiger charge is 2.40. The van der Waals surface area contributed by atoms with Crippen LogP contribution in [0, 0.1) is 23.6 Å². The quantitative estimate of drug-likeness (QED) is 0.441. The molecule has 0 spiro atoms. The maximum atomic E-state index is 13.0. The smallest absolute Gasteiger partial charge is 0.311 e. The zero-order valence-corrected chi connectivity index (χ0v) is 14.5.